The Bertz CT molecular complexity index is 764. The maximum Gasteiger partial charge on any atom is 0.433 e. The summed E-state index contributed by atoms with van der Waals surface area (Å²) in [6.45, 7) is 1.22. The number of β-amino-alcohol motifs (C(OH)–C–C–N with tert-alkyl or cyclic N) is 1. The fourth-order valence-electron chi connectivity index (χ4n) is 3.08. The zero-order valence-corrected chi connectivity index (χ0v) is 13.9. The third-order valence-electron chi connectivity index (χ3n) is 4.39. The summed E-state index contributed by atoms with van der Waals surface area (Å²) in [5, 5.41) is 9.66. The molecule has 0 spiro atoms. The number of nitrogens with zero attached hydrogens (tertiary/aromatic N) is 2. The molecule has 0 bridgehead atoms. The van der Waals surface area contributed by atoms with Gasteiger partial charge in [-0.05, 0) is 41.8 Å². The molecule has 1 aromatic carbocycles. The molecule has 1 aromatic heterocycles. The molecule has 2 aromatic rings. The van der Waals surface area contributed by atoms with Crippen LogP contribution in [0.4, 0.5) is 23.2 Å². The molecule has 0 aliphatic carbocycles. The number of benzene rings is 1. The molecule has 3 rings (SSSR count). The number of nitrogens with two attached hydrogens (primary N) is 1. The van der Waals surface area contributed by atoms with Crippen molar-refractivity contribution in [2.24, 2.45) is 0 Å². The number of halogens is 4. The number of hydrogen-bond donors (Lipinski definition) is 2. The van der Waals surface area contributed by atoms with Crippen LogP contribution in [0.5, 0.6) is 0 Å². The maximum atomic E-state index is 13.4. The molecule has 0 unspecified atom stereocenters. The molecule has 1 saturated heterocycles. The number of likely N-dealkylation sites (tertiary alicyclic amines) is 1. The van der Waals surface area contributed by atoms with E-state index in [4.69, 9.17) is 5.73 Å². The third kappa shape index (κ3) is 4.31. The fraction of sp³-hybridized carbons (Fsp3) is 0.389. The van der Waals surface area contributed by atoms with Gasteiger partial charge >= 0.3 is 6.18 Å². The average Bonchev–Trinajstić information content (AvgIpc) is 2.57. The van der Waals surface area contributed by atoms with Crippen molar-refractivity contribution in [2.45, 2.75) is 31.4 Å². The van der Waals surface area contributed by atoms with E-state index in [9.17, 15) is 22.7 Å². The van der Waals surface area contributed by atoms with Crippen molar-refractivity contribution in [1.82, 2.24) is 9.88 Å². The number of aliphatic hydroxyl groups excluding tert-OH is 1. The zero-order chi connectivity index (χ0) is 18.9. The molecule has 26 heavy (non-hydrogen) atoms. The summed E-state index contributed by atoms with van der Waals surface area (Å²) >= 11 is 0. The first-order chi connectivity index (χ1) is 12.2. The number of aromatic nitrogens is 1. The second-order valence-corrected chi connectivity index (χ2v) is 6.50. The third-order valence-corrected chi connectivity index (χ3v) is 4.39. The molecule has 1 aliphatic heterocycles. The first-order valence-corrected chi connectivity index (χ1v) is 8.20. The van der Waals surface area contributed by atoms with Gasteiger partial charge in [0.05, 0.1) is 6.10 Å². The van der Waals surface area contributed by atoms with Crippen LogP contribution in [0, 0.1) is 0 Å². The number of nitrogen functional groups attached to an aromatic ring is 1. The van der Waals surface area contributed by atoms with Crippen molar-refractivity contribution in [3.05, 3.63) is 47.8 Å². The van der Waals surface area contributed by atoms with Crippen molar-refractivity contribution in [1.29, 1.82) is 0 Å². The molecular formula is C18H19F4N3O. The SMILES string of the molecule is Nc1cc(CN2CC[C@@H](F)[C@H](O)C2)cc(-c2ccc(C(F)(F)F)nc2)c1. The molecule has 140 valence electrons. The van der Waals surface area contributed by atoms with Gasteiger partial charge in [0.2, 0.25) is 0 Å². The molecule has 0 amide bonds. The Morgan fingerprint density at radius 3 is 2.58 bits per heavy atom. The van der Waals surface area contributed by atoms with Crippen LogP contribution in [0.3, 0.4) is 0 Å². The fourth-order valence-corrected chi connectivity index (χ4v) is 3.08. The number of piperidine rings is 1. The van der Waals surface area contributed by atoms with E-state index < -0.39 is 24.1 Å². The van der Waals surface area contributed by atoms with Crippen molar-refractivity contribution in [2.75, 3.05) is 18.8 Å². The van der Waals surface area contributed by atoms with E-state index in [1.165, 1.54) is 12.3 Å². The first-order valence-electron chi connectivity index (χ1n) is 8.20. The number of pyridine rings is 1. The smallest absolute Gasteiger partial charge is 0.399 e. The van der Waals surface area contributed by atoms with E-state index in [-0.39, 0.29) is 13.0 Å². The summed E-state index contributed by atoms with van der Waals surface area (Å²) < 4.78 is 51.3. The van der Waals surface area contributed by atoms with E-state index in [1.807, 2.05) is 11.0 Å². The minimum absolute atomic E-state index is 0.229. The van der Waals surface area contributed by atoms with Crippen molar-refractivity contribution in [3.8, 4) is 11.1 Å². The standard InChI is InChI=1S/C18H19F4N3O/c19-15-3-4-25(10-16(15)26)9-11-5-13(7-14(23)6-11)12-1-2-17(24-8-12)18(20,21)22/h1-2,5-8,15-16,26H,3-4,9-10,23H2/t15-,16-/m1/s1. The second-order valence-electron chi connectivity index (χ2n) is 6.50. The van der Waals surface area contributed by atoms with Gasteiger partial charge in [0.1, 0.15) is 11.9 Å². The molecule has 0 saturated carbocycles. The molecule has 1 aliphatic rings. The van der Waals surface area contributed by atoms with Crippen LogP contribution in [-0.2, 0) is 12.7 Å². The summed E-state index contributed by atoms with van der Waals surface area (Å²) in [6, 6.07) is 7.52. The van der Waals surface area contributed by atoms with E-state index in [2.05, 4.69) is 4.98 Å². The van der Waals surface area contributed by atoms with Crippen LogP contribution in [0.2, 0.25) is 0 Å². The Morgan fingerprint density at radius 1 is 1.19 bits per heavy atom. The highest BCUT2D eigenvalue weighted by Gasteiger charge is 2.32. The lowest BCUT2D eigenvalue weighted by Crippen LogP contribution is -2.44. The lowest BCUT2D eigenvalue weighted by atomic mass is 10.0. The Balaban J connectivity index is 1.79. The predicted octanol–water partition coefficient (Wildman–Crippen LogP) is 3.25. The molecule has 4 nitrogen and oxygen atoms in total. The highest BCUT2D eigenvalue weighted by atomic mass is 19.4. The topological polar surface area (TPSA) is 62.4 Å². The van der Waals surface area contributed by atoms with Crippen LogP contribution in [0.1, 0.15) is 17.7 Å². The van der Waals surface area contributed by atoms with E-state index >= 15 is 0 Å². The molecule has 2 heterocycles. The van der Waals surface area contributed by atoms with Gasteiger partial charge in [-0.3, -0.25) is 9.88 Å². The molecule has 1 fully saturated rings. The largest absolute Gasteiger partial charge is 0.433 e. The van der Waals surface area contributed by atoms with Crippen LogP contribution in [0.25, 0.3) is 11.1 Å². The highest BCUT2D eigenvalue weighted by molar-refractivity contribution is 5.68. The van der Waals surface area contributed by atoms with Crippen molar-refractivity contribution in [3.63, 3.8) is 0 Å². The Kier molecular flexibility index (Phi) is 5.15. The van der Waals surface area contributed by atoms with E-state index in [0.29, 0.717) is 29.9 Å². The van der Waals surface area contributed by atoms with Gasteiger partial charge in [0.25, 0.3) is 0 Å². The predicted molar refractivity (Wildman–Crippen MR) is 89.9 cm³/mol. The number of rotatable bonds is 3. The quantitative estimate of drug-likeness (QED) is 0.644. The number of alkyl halides is 4. The lowest BCUT2D eigenvalue weighted by Gasteiger charge is -2.32. The Morgan fingerprint density at radius 2 is 1.96 bits per heavy atom. The summed E-state index contributed by atoms with van der Waals surface area (Å²) in [5.41, 5.74) is 7.46. The van der Waals surface area contributed by atoms with Gasteiger partial charge in [0.15, 0.2) is 0 Å². The normalized spacial score (nSPS) is 21.7. The molecule has 0 radical (unpaired) electrons. The molecule has 3 N–H and O–H groups in total. The number of aliphatic hydroxyl groups is 1. The summed E-state index contributed by atoms with van der Waals surface area (Å²) in [4.78, 5) is 5.39. The Labute approximate surface area is 148 Å². The zero-order valence-electron chi connectivity index (χ0n) is 13.9. The monoisotopic (exact) mass is 369 g/mol. The van der Waals surface area contributed by atoms with Gasteiger partial charge < -0.3 is 10.8 Å². The van der Waals surface area contributed by atoms with Crippen molar-refractivity contribution < 1.29 is 22.7 Å². The van der Waals surface area contributed by atoms with E-state index in [1.54, 1.807) is 12.1 Å². The van der Waals surface area contributed by atoms with Gasteiger partial charge in [-0.2, -0.15) is 13.2 Å². The number of anilines is 1. The van der Waals surface area contributed by atoms with Gasteiger partial charge in [-0.1, -0.05) is 6.07 Å². The van der Waals surface area contributed by atoms with Gasteiger partial charge in [0, 0.05) is 37.1 Å². The molecule has 8 heteroatoms. The highest BCUT2D eigenvalue weighted by Crippen LogP contribution is 2.30. The van der Waals surface area contributed by atoms with Gasteiger partial charge in [-0.25, -0.2) is 4.39 Å². The maximum absolute atomic E-state index is 13.4. The van der Waals surface area contributed by atoms with Crippen LogP contribution >= 0.6 is 0 Å². The molecule has 2 atom stereocenters. The summed E-state index contributed by atoms with van der Waals surface area (Å²) in [5.74, 6) is 0. The second kappa shape index (κ2) is 7.20. The Hall–Kier alpha value is -2.19. The first kappa shape index (κ1) is 18.6. The summed E-state index contributed by atoms with van der Waals surface area (Å²) in [7, 11) is 0. The van der Waals surface area contributed by atoms with Crippen LogP contribution < -0.4 is 5.73 Å². The van der Waals surface area contributed by atoms with Crippen LogP contribution in [-0.4, -0.2) is 40.4 Å². The minimum atomic E-state index is -4.48. The number of hydrogen-bond acceptors (Lipinski definition) is 4. The average molecular weight is 369 g/mol. The molecular weight excluding hydrogens is 350 g/mol. The van der Waals surface area contributed by atoms with Crippen LogP contribution in [0.15, 0.2) is 36.5 Å². The lowest BCUT2D eigenvalue weighted by molar-refractivity contribution is -0.141. The minimum Gasteiger partial charge on any atom is -0.399 e. The van der Waals surface area contributed by atoms with Gasteiger partial charge in [-0.15, -0.1) is 0 Å². The van der Waals surface area contributed by atoms with Crippen molar-refractivity contribution >= 4 is 5.69 Å². The summed E-state index contributed by atoms with van der Waals surface area (Å²) in [6.07, 6.45) is -5.27. The van der Waals surface area contributed by atoms with E-state index in [0.717, 1.165) is 11.6 Å².